The molecule has 2 aromatic carbocycles. The Morgan fingerprint density at radius 1 is 0.980 bits per heavy atom. The zero-order valence-electron chi connectivity index (χ0n) is 30.9. The summed E-state index contributed by atoms with van der Waals surface area (Å²) < 4.78 is 80.6. The first-order chi connectivity index (χ1) is 24.0. The third kappa shape index (κ3) is 14.0. The molecule has 0 saturated carbocycles. The number of aliphatic hydroxyl groups is 1. The Morgan fingerprint density at radius 3 is 2.14 bits per heavy atom. The minimum atomic E-state index is -4.04. The SMILES string of the molecule is CCO[C@H]1C[C@@H](OC(=O)N[C@@H](Cc2ccc(OCP(=O)(OC(C)C)OC(C)C)cc2)[C@H](O)CN(CC(C)C)S(=O)(=O)c2ccc(OC)cc2)CO1. The lowest BCUT2D eigenvalue weighted by molar-refractivity contribution is -0.106. The fourth-order valence-corrected chi connectivity index (χ4v) is 8.72. The summed E-state index contributed by atoms with van der Waals surface area (Å²) >= 11 is 0. The summed E-state index contributed by atoms with van der Waals surface area (Å²) in [5, 5.41) is 14.4. The van der Waals surface area contributed by atoms with E-state index in [4.69, 9.17) is 32.7 Å². The predicted octanol–water partition coefficient (Wildman–Crippen LogP) is 5.57. The van der Waals surface area contributed by atoms with Crippen LogP contribution in [0.25, 0.3) is 0 Å². The Balaban J connectivity index is 1.81. The number of carbonyl (C=O) groups is 1. The average molecular weight is 759 g/mol. The highest BCUT2D eigenvalue weighted by molar-refractivity contribution is 7.89. The smallest absolute Gasteiger partial charge is 0.407 e. The van der Waals surface area contributed by atoms with E-state index in [1.54, 1.807) is 64.1 Å². The summed E-state index contributed by atoms with van der Waals surface area (Å²) in [5.74, 6) is 0.842. The number of carbonyl (C=O) groups excluding carboxylic acids is 1. The number of hydrogen-bond donors (Lipinski definition) is 2. The molecule has 0 aliphatic carbocycles. The van der Waals surface area contributed by atoms with E-state index in [-0.39, 0.29) is 55.5 Å². The highest BCUT2D eigenvalue weighted by Gasteiger charge is 2.34. The maximum atomic E-state index is 13.8. The first kappa shape index (κ1) is 42.7. The number of benzene rings is 2. The zero-order chi connectivity index (χ0) is 37.8. The number of sulfonamides is 1. The number of methoxy groups -OCH3 is 1. The lowest BCUT2D eigenvalue weighted by Crippen LogP contribution is -2.51. The highest BCUT2D eigenvalue weighted by Crippen LogP contribution is 2.50. The van der Waals surface area contributed by atoms with Gasteiger partial charge < -0.3 is 43.2 Å². The van der Waals surface area contributed by atoms with E-state index >= 15 is 0 Å². The molecule has 1 heterocycles. The van der Waals surface area contributed by atoms with Crippen LogP contribution < -0.4 is 14.8 Å². The van der Waals surface area contributed by atoms with Crippen LogP contribution in [0.1, 0.15) is 60.5 Å². The topological polar surface area (TPSA) is 168 Å². The zero-order valence-corrected chi connectivity index (χ0v) is 32.6. The van der Waals surface area contributed by atoms with Gasteiger partial charge in [0.1, 0.15) is 17.6 Å². The van der Waals surface area contributed by atoms with Gasteiger partial charge in [-0.15, -0.1) is 0 Å². The predicted molar refractivity (Wildman–Crippen MR) is 191 cm³/mol. The molecule has 3 rings (SSSR count). The van der Waals surface area contributed by atoms with Crippen molar-refractivity contribution in [3.05, 3.63) is 54.1 Å². The van der Waals surface area contributed by atoms with Crippen molar-refractivity contribution in [1.82, 2.24) is 9.62 Å². The van der Waals surface area contributed by atoms with Gasteiger partial charge in [0.25, 0.3) is 0 Å². The standard InChI is InChI=1S/C35H55N2O12PS/c1-9-44-34-19-30(22-45-34)47-35(39)36-32(18-27-10-12-29(13-11-27)46-23-50(40,48-25(4)5)49-26(6)7)33(38)21-37(20-24(2)3)51(41,42)31-16-14-28(43-8)15-17-31/h10-17,24-26,30,32-34,38H,9,18-23H2,1-8H3,(H,36,39)/t30-,32+,33-,34-/m1/s1. The van der Waals surface area contributed by atoms with Crippen molar-refractivity contribution in [3.8, 4) is 11.5 Å². The summed E-state index contributed by atoms with van der Waals surface area (Å²) in [6.45, 7) is 13.1. The van der Waals surface area contributed by atoms with Gasteiger partial charge in [-0.05, 0) is 88.9 Å². The van der Waals surface area contributed by atoms with Crippen molar-refractivity contribution in [2.24, 2.45) is 5.92 Å². The monoisotopic (exact) mass is 758 g/mol. The number of ether oxygens (including phenoxy) is 5. The van der Waals surface area contributed by atoms with Crippen LogP contribution in [0.2, 0.25) is 0 Å². The van der Waals surface area contributed by atoms with Gasteiger partial charge in [0.15, 0.2) is 12.6 Å². The summed E-state index contributed by atoms with van der Waals surface area (Å²) in [5.41, 5.74) is 0.695. The first-order valence-corrected chi connectivity index (χ1v) is 20.4. The van der Waals surface area contributed by atoms with Gasteiger partial charge in [-0.2, -0.15) is 4.31 Å². The van der Waals surface area contributed by atoms with Crippen molar-refractivity contribution in [1.29, 1.82) is 0 Å². The molecule has 1 saturated heterocycles. The molecule has 288 valence electrons. The number of nitrogens with one attached hydrogen (secondary N) is 1. The summed E-state index contributed by atoms with van der Waals surface area (Å²) in [7, 11) is -6.09. The molecule has 0 bridgehead atoms. The van der Waals surface area contributed by atoms with Gasteiger partial charge in [-0.25, -0.2) is 13.2 Å². The molecule has 1 fully saturated rings. The molecule has 0 radical (unpaired) electrons. The van der Waals surface area contributed by atoms with Gasteiger partial charge in [-0.1, -0.05) is 26.0 Å². The number of nitrogens with zero attached hydrogens (tertiary/aromatic N) is 1. The second-order valence-electron chi connectivity index (χ2n) is 13.2. The van der Waals surface area contributed by atoms with Crippen molar-refractivity contribution >= 4 is 23.7 Å². The van der Waals surface area contributed by atoms with Gasteiger partial charge in [-0.3, -0.25) is 4.57 Å². The lowest BCUT2D eigenvalue weighted by atomic mass is 10.0. The molecule has 0 aromatic heterocycles. The minimum Gasteiger partial charge on any atom is -0.497 e. The van der Waals surface area contributed by atoms with Crippen LogP contribution >= 0.6 is 7.60 Å². The van der Waals surface area contributed by atoms with Crippen molar-refractivity contribution in [2.45, 2.75) is 103 Å². The molecule has 1 amide bonds. The molecule has 0 spiro atoms. The molecule has 2 N–H and O–H groups in total. The van der Waals surface area contributed by atoms with E-state index in [0.29, 0.717) is 30.1 Å². The molecule has 14 nitrogen and oxygen atoms in total. The van der Waals surface area contributed by atoms with E-state index in [1.165, 1.54) is 23.5 Å². The second-order valence-corrected chi connectivity index (χ2v) is 17.1. The quantitative estimate of drug-likeness (QED) is 0.152. The van der Waals surface area contributed by atoms with Gasteiger partial charge in [0.2, 0.25) is 10.0 Å². The molecule has 1 aliphatic rings. The van der Waals surface area contributed by atoms with Gasteiger partial charge >= 0.3 is 13.7 Å². The van der Waals surface area contributed by atoms with Crippen LogP contribution in [0.3, 0.4) is 0 Å². The Labute approximate surface area is 302 Å². The van der Waals surface area contributed by atoms with Crippen LogP contribution in [-0.2, 0) is 44.3 Å². The highest BCUT2D eigenvalue weighted by atomic mass is 32.2. The van der Waals surface area contributed by atoms with Crippen molar-refractivity contribution in [3.63, 3.8) is 0 Å². The van der Waals surface area contributed by atoms with Gasteiger partial charge in [0.05, 0.1) is 43.0 Å². The van der Waals surface area contributed by atoms with Crippen LogP contribution in [0.15, 0.2) is 53.4 Å². The molecule has 2 aromatic rings. The summed E-state index contributed by atoms with van der Waals surface area (Å²) in [6.07, 6.45) is -3.66. The maximum absolute atomic E-state index is 13.8. The van der Waals surface area contributed by atoms with E-state index in [9.17, 15) is 22.9 Å². The van der Waals surface area contributed by atoms with Crippen LogP contribution in [0.4, 0.5) is 4.79 Å². The second kappa shape index (κ2) is 19.9. The van der Waals surface area contributed by atoms with E-state index in [0.717, 1.165) is 0 Å². The summed E-state index contributed by atoms with van der Waals surface area (Å²) in [4.78, 5) is 13.2. The fraction of sp³-hybridized carbons (Fsp3) is 0.629. The van der Waals surface area contributed by atoms with E-state index in [2.05, 4.69) is 5.32 Å². The van der Waals surface area contributed by atoms with Crippen LogP contribution in [0.5, 0.6) is 11.5 Å². The minimum absolute atomic E-state index is 0.0443. The molecule has 51 heavy (non-hydrogen) atoms. The van der Waals surface area contributed by atoms with E-state index in [1.807, 2.05) is 20.8 Å². The fourth-order valence-electron chi connectivity index (χ4n) is 5.34. The Bertz CT molecular complexity index is 1490. The Kier molecular flexibility index (Phi) is 16.7. The Hall–Kier alpha value is -2.75. The molecule has 4 atom stereocenters. The summed E-state index contributed by atoms with van der Waals surface area (Å²) in [6, 6.07) is 11.8. The number of rotatable bonds is 21. The van der Waals surface area contributed by atoms with Crippen LogP contribution in [0, 0.1) is 5.92 Å². The number of hydrogen-bond acceptors (Lipinski definition) is 12. The van der Waals surface area contributed by atoms with E-state index < -0.39 is 48.3 Å². The molecular weight excluding hydrogens is 703 g/mol. The normalized spacial score (nSPS) is 18.0. The largest absolute Gasteiger partial charge is 0.497 e. The van der Waals surface area contributed by atoms with Crippen molar-refractivity contribution in [2.75, 3.05) is 39.8 Å². The third-order valence-electron chi connectivity index (χ3n) is 7.49. The molecule has 0 unspecified atom stereocenters. The molecular formula is C35H55N2O12PS. The van der Waals surface area contributed by atoms with Crippen LogP contribution in [-0.4, -0.2) is 100 Å². The molecule has 1 aliphatic heterocycles. The lowest BCUT2D eigenvalue weighted by Gasteiger charge is -2.30. The number of amides is 1. The average Bonchev–Trinajstić information content (AvgIpc) is 3.49. The maximum Gasteiger partial charge on any atom is 0.407 e. The Morgan fingerprint density at radius 2 is 1.59 bits per heavy atom. The van der Waals surface area contributed by atoms with Crippen molar-refractivity contribution < 1.29 is 55.6 Å². The number of aliphatic hydroxyl groups excluding tert-OH is 1. The number of alkyl carbamates (subject to hydrolysis) is 1. The van der Waals surface area contributed by atoms with Gasteiger partial charge in [0, 0.05) is 26.1 Å². The third-order valence-corrected chi connectivity index (χ3v) is 11.3. The first-order valence-electron chi connectivity index (χ1n) is 17.2. The molecule has 16 heteroatoms.